The number of carbonyl (C=O) groups excluding carboxylic acids is 1. The van der Waals surface area contributed by atoms with Gasteiger partial charge in [-0.1, -0.05) is 19.8 Å². The van der Waals surface area contributed by atoms with Gasteiger partial charge in [0.05, 0.1) is 25.2 Å². The van der Waals surface area contributed by atoms with Crippen molar-refractivity contribution in [3.63, 3.8) is 0 Å². The van der Waals surface area contributed by atoms with E-state index in [0.29, 0.717) is 32.9 Å². The summed E-state index contributed by atoms with van der Waals surface area (Å²) in [4.78, 5) is 12.0. The Kier molecular flexibility index (Phi) is 12.4. The highest BCUT2D eigenvalue weighted by molar-refractivity contribution is 5.75. The fraction of sp³-hybridized carbons (Fsp3) is 0.938. The number of nitrogens with one attached hydrogen (secondary N) is 1. The normalized spacial score (nSPS) is 13.1. The fourth-order valence-corrected chi connectivity index (χ4v) is 1.80. The van der Waals surface area contributed by atoms with E-state index < -0.39 is 11.5 Å². The summed E-state index contributed by atoms with van der Waals surface area (Å²) in [6, 6.07) is 0. The van der Waals surface area contributed by atoms with Crippen molar-refractivity contribution < 1.29 is 24.1 Å². The van der Waals surface area contributed by atoms with Gasteiger partial charge in [0.2, 0.25) is 0 Å². The maximum atomic E-state index is 12.0. The third-order valence-electron chi connectivity index (χ3n) is 3.35. The van der Waals surface area contributed by atoms with Crippen molar-refractivity contribution in [2.45, 2.75) is 46.1 Å². The van der Waals surface area contributed by atoms with Crippen LogP contribution in [0.2, 0.25) is 0 Å². The zero-order chi connectivity index (χ0) is 16.8. The predicted octanol–water partition coefficient (Wildman–Crippen LogP) is 1.36. The largest absolute Gasteiger partial charge is 0.462 e. The Morgan fingerprint density at radius 3 is 2.64 bits per heavy atom. The minimum absolute atomic E-state index is 0.0198. The molecule has 6 heteroatoms. The van der Waals surface area contributed by atoms with Gasteiger partial charge in [-0.3, -0.25) is 4.79 Å². The quantitative estimate of drug-likeness (QED) is 0.372. The van der Waals surface area contributed by atoms with E-state index in [1.807, 2.05) is 13.8 Å². The topological polar surface area (TPSA) is 77.0 Å². The van der Waals surface area contributed by atoms with Crippen LogP contribution in [-0.4, -0.2) is 63.8 Å². The van der Waals surface area contributed by atoms with Crippen molar-refractivity contribution in [3.8, 4) is 0 Å². The third-order valence-corrected chi connectivity index (χ3v) is 3.35. The number of unbranched alkanes of at least 4 members (excludes halogenated alkanes) is 1. The molecule has 2 N–H and O–H groups in total. The average Bonchev–Trinajstić information content (AvgIpc) is 2.49. The molecule has 0 aliphatic heterocycles. The second-order valence-electron chi connectivity index (χ2n) is 6.05. The molecule has 0 aromatic rings. The lowest BCUT2D eigenvalue weighted by atomic mass is 9.87. The van der Waals surface area contributed by atoms with Gasteiger partial charge in [-0.2, -0.15) is 0 Å². The summed E-state index contributed by atoms with van der Waals surface area (Å²) in [5.74, 6) is -0.247. The molecule has 0 fully saturated rings. The number of ether oxygens (including phenoxy) is 3. The van der Waals surface area contributed by atoms with Gasteiger partial charge in [-0.15, -0.1) is 0 Å². The van der Waals surface area contributed by atoms with Crippen molar-refractivity contribution in [2.24, 2.45) is 5.41 Å². The Labute approximate surface area is 134 Å². The molecule has 132 valence electrons. The molecule has 0 spiro atoms. The first-order chi connectivity index (χ1) is 10.4. The summed E-state index contributed by atoms with van der Waals surface area (Å²) in [7, 11) is 1.63. The predicted molar refractivity (Wildman–Crippen MR) is 85.8 cm³/mol. The van der Waals surface area contributed by atoms with E-state index in [1.165, 1.54) is 0 Å². The van der Waals surface area contributed by atoms with Crippen molar-refractivity contribution >= 4 is 5.97 Å². The maximum absolute atomic E-state index is 12.0. The lowest BCUT2D eigenvalue weighted by Crippen LogP contribution is -2.35. The molecular formula is C16H33NO5. The van der Waals surface area contributed by atoms with Crippen LogP contribution in [0.25, 0.3) is 0 Å². The molecule has 0 aliphatic rings. The zero-order valence-electron chi connectivity index (χ0n) is 14.5. The van der Waals surface area contributed by atoms with Crippen molar-refractivity contribution in [3.05, 3.63) is 0 Å². The third kappa shape index (κ3) is 11.0. The summed E-state index contributed by atoms with van der Waals surface area (Å²) in [5.41, 5.74) is -0.488. The SMILES string of the molecule is CCCCC(C)(C)C(=O)OCC(O)CNCCOCCOC. The van der Waals surface area contributed by atoms with Crippen LogP contribution in [0.3, 0.4) is 0 Å². The van der Waals surface area contributed by atoms with Crippen LogP contribution >= 0.6 is 0 Å². The van der Waals surface area contributed by atoms with Gasteiger partial charge in [-0.05, 0) is 20.3 Å². The second-order valence-corrected chi connectivity index (χ2v) is 6.05. The molecule has 0 rings (SSSR count). The summed E-state index contributed by atoms with van der Waals surface area (Å²) in [6.45, 7) is 8.58. The highest BCUT2D eigenvalue weighted by Gasteiger charge is 2.28. The number of aliphatic hydroxyl groups is 1. The molecule has 1 atom stereocenters. The minimum Gasteiger partial charge on any atom is -0.462 e. The van der Waals surface area contributed by atoms with Crippen LogP contribution in [0.1, 0.15) is 40.0 Å². The number of hydrogen-bond acceptors (Lipinski definition) is 6. The minimum atomic E-state index is -0.704. The van der Waals surface area contributed by atoms with E-state index in [4.69, 9.17) is 14.2 Å². The first-order valence-corrected chi connectivity index (χ1v) is 8.06. The Balaban J connectivity index is 3.67. The lowest BCUT2D eigenvalue weighted by molar-refractivity contribution is -0.157. The Hall–Kier alpha value is -0.690. The first kappa shape index (κ1) is 21.3. The van der Waals surface area contributed by atoms with E-state index in [2.05, 4.69) is 12.2 Å². The molecule has 0 aromatic heterocycles. The highest BCUT2D eigenvalue weighted by Crippen LogP contribution is 2.24. The van der Waals surface area contributed by atoms with Gasteiger partial charge in [-0.25, -0.2) is 0 Å². The standard InChI is InChI=1S/C16H33NO5/c1-5-6-7-16(2,3)15(19)22-13-14(18)12-17-8-9-21-11-10-20-4/h14,17-18H,5-13H2,1-4H3. The Morgan fingerprint density at radius 2 is 2.00 bits per heavy atom. The van der Waals surface area contributed by atoms with Gasteiger partial charge < -0.3 is 24.6 Å². The van der Waals surface area contributed by atoms with Crippen molar-refractivity contribution in [2.75, 3.05) is 46.6 Å². The van der Waals surface area contributed by atoms with Gasteiger partial charge in [0.15, 0.2) is 0 Å². The van der Waals surface area contributed by atoms with Crippen LogP contribution in [0.5, 0.6) is 0 Å². The number of aliphatic hydroxyl groups excluding tert-OH is 1. The fourth-order valence-electron chi connectivity index (χ4n) is 1.80. The number of carbonyl (C=O) groups is 1. The second kappa shape index (κ2) is 12.8. The highest BCUT2D eigenvalue weighted by atomic mass is 16.5. The van der Waals surface area contributed by atoms with Crippen molar-refractivity contribution in [1.82, 2.24) is 5.32 Å². The van der Waals surface area contributed by atoms with Crippen LogP contribution in [0.15, 0.2) is 0 Å². The maximum Gasteiger partial charge on any atom is 0.311 e. The molecule has 0 aliphatic carbocycles. The van der Waals surface area contributed by atoms with Gasteiger partial charge in [0.1, 0.15) is 12.7 Å². The van der Waals surface area contributed by atoms with E-state index >= 15 is 0 Å². The van der Waals surface area contributed by atoms with E-state index in [9.17, 15) is 9.90 Å². The number of hydrogen-bond donors (Lipinski definition) is 2. The molecule has 1 unspecified atom stereocenters. The van der Waals surface area contributed by atoms with Crippen LogP contribution < -0.4 is 5.32 Å². The van der Waals surface area contributed by atoms with Crippen LogP contribution in [0.4, 0.5) is 0 Å². The number of esters is 1. The summed E-state index contributed by atoms with van der Waals surface area (Å²) < 4.78 is 15.3. The molecule has 6 nitrogen and oxygen atoms in total. The molecular weight excluding hydrogens is 286 g/mol. The molecule has 0 bridgehead atoms. The summed E-state index contributed by atoms with van der Waals surface area (Å²) in [6.07, 6.45) is 2.14. The number of methoxy groups -OCH3 is 1. The molecule has 0 heterocycles. The summed E-state index contributed by atoms with van der Waals surface area (Å²) in [5, 5.41) is 12.8. The lowest BCUT2D eigenvalue weighted by Gasteiger charge is -2.23. The molecule has 0 saturated carbocycles. The first-order valence-electron chi connectivity index (χ1n) is 8.06. The monoisotopic (exact) mass is 319 g/mol. The van der Waals surface area contributed by atoms with E-state index in [-0.39, 0.29) is 12.6 Å². The van der Waals surface area contributed by atoms with Gasteiger partial charge in [0.25, 0.3) is 0 Å². The number of rotatable bonds is 14. The van der Waals surface area contributed by atoms with Gasteiger partial charge in [0, 0.05) is 20.2 Å². The smallest absolute Gasteiger partial charge is 0.311 e. The van der Waals surface area contributed by atoms with E-state index in [0.717, 1.165) is 19.3 Å². The zero-order valence-corrected chi connectivity index (χ0v) is 14.5. The van der Waals surface area contributed by atoms with Crippen LogP contribution in [0, 0.1) is 5.41 Å². The molecule has 0 amide bonds. The van der Waals surface area contributed by atoms with Gasteiger partial charge >= 0.3 is 5.97 Å². The Bertz CT molecular complexity index is 284. The molecule has 0 saturated heterocycles. The molecule has 0 radical (unpaired) electrons. The average molecular weight is 319 g/mol. The molecule has 0 aromatic carbocycles. The Morgan fingerprint density at radius 1 is 1.27 bits per heavy atom. The van der Waals surface area contributed by atoms with Crippen molar-refractivity contribution in [1.29, 1.82) is 0 Å². The summed E-state index contributed by atoms with van der Waals surface area (Å²) >= 11 is 0. The molecule has 22 heavy (non-hydrogen) atoms. The van der Waals surface area contributed by atoms with Crippen LogP contribution in [-0.2, 0) is 19.0 Å². The van der Waals surface area contributed by atoms with E-state index in [1.54, 1.807) is 7.11 Å².